The predicted molar refractivity (Wildman–Crippen MR) is 71.2 cm³/mol. The number of hydrogen-bond acceptors (Lipinski definition) is 1. The average Bonchev–Trinajstić information content (AvgIpc) is 2.27. The Kier molecular flexibility index (Phi) is 3.22. The van der Waals surface area contributed by atoms with E-state index in [1.165, 1.54) is 23.2 Å². The maximum absolute atomic E-state index is 3.54. The van der Waals surface area contributed by atoms with Crippen molar-refractivity contribution < 1.29 is 0 Å². The fraction of sp³-hybridized carbons (Fsp3) is 0.600. The van der Waals surface area contributed by atoms with Gasteiger partial charge in [0.2, 0.25) is 0 Å². The molecule has 0 saturated heterocycles. The molecule has 0 bridgehead atoms. The van der Waals surface area contributed by atoms with Gasteiger partial charge in [0.15, 0.2) is 0 Å². The highest BCUT2D eigenvalue weighted by atomic mass is 14.9. The van der Waals surface area contributed by atoms with Crippen LogP contribution in [0, 0.1) is 5.92 Å². The standard InChI is InChI=1S/C15H23N/c1-10(2)12-5-6-14-13(11(3)4)7-8-16-15(14)9-12/h5-6,9-11,13,16H,7-8H2,1-4H3. The summed E-state index contributed by atoms with van der Waals surface area (Å²) in [4.78, 5) is 0. The molecule has 1 nitrogen and oxygen atoms in total. The van der Waals surface area contributed by atoms with Gasteiger partial charge in [0, 0.05) is 12.2 Å². The van der Waals surface area contributed by atoms with Gasteiger partial charge in [-0.3, -0.25) is 0 Å². The summed E-state index contributed by atoms with van der Waals surface area (Å²) in [5.74, 6) is 2.09. The zero-order valence-corrected chi connectivity index (χ0v) is 10.9. The molecule has 1 heteroatoms. The van der Waals surface area contributed by atoms with Crippen LogP contribution in [0.5, 0.6) is 0 Å². The summed E-state index contributed by atoms with van der Waals surface area (Å²) in [7, 11) is 0. The summed E-state index contributed by atoms with van der Waals surface area (Å²) in [6, 6.07) is 6.97. The van der Waals surface area contributed by atoms with Gasteiger partial charge < -0.3 is 5.32 Å². The average molecular weight is 217 g/mol. The van der Waals surface area contributed by atoms with Crippen LogP contribution in [-0.2, 0) is 0 Å². The van der Waals surface area contributed by atoms with Gasteiger partial charge in [-0.25, -0.2) is 0 Å². The first-order valence-electron chi connectivity index (χ1n) is 6.47. The molecule has 1 aromatic rings. The number of anilines is 1. The molecule has 1 aromatic carbocycles. The van der Waals surface area contributed by atoms with E-state index in [0.717, 1.165) is 18.4 Å². The summed E-state index contributed by atoms with van der Waals surface area (Å²) in [5, 5.41) is 3.54. The van der Waals surface area contributed by atoms with Crippen LogP contribution in [0.2, 0.25) is 0 Å². The molecular weight excluding hydrogens is 194 g/mol. The van der Waals surface area contributed by atoms with Crippen molar-refractivity contribution in [1.82, 2.24) is 0 Å². The van der Waals surface area contributed by atoms with Crippen molar-refractivity contribution in [3.63, 3.8) is 0 Å². The molecule has 0 radical (unpaired) electrons. The molecule has 1 heterocycles. The first kappa shape index (κ1) is 11.5. The highest BCUT2D eigenvalue weighted by Gasteiger charge is 2.22. The highest BCUT2D eigenvalue weighted by Crippen LogP contribution is 2.37. The lowest BCUT2D eigenvalue weighted by atomic mass is 9.82. The van der Waals surface area contributed by atoms with Crippen molar-refractivity contribution in [2.24, 2.45) is 5.92 Å². The summed E-state index contributed by atoms with van der Waals surface area (Å²) in [5.41, 5.74) is 4.33. The summed E-state index contributed by atoms with van der Waals surface area (Å²) < 4.78 is 0. The SMILES string of the molecule is CC(C)c1ccc2c(c1)NCCC2C(C)C. The molecule has 2 rings (SSSR count). The number of nitrogens with one attached hydrogen (secondary N) is 1. The molecule has 0 aliphatic carbocycles. The van der Waals surface area contributed by atoms with E-state index in [1.807, 2.05) is 0 Å². The molecule has 0 spiro atoms. The molecule has 1 aliphatic heterocycles. The Morgan fingerprint density at radius 2 is 1.94 bits per heavy atom. The lowest BCUT2D eigenvalue weighted by molar-refractivity contribution is 0.469. The first-order chi connectivity index (χ1) is 7.59. The molecular formula is C15H23N. The third-order valence-corrected chi connectivity index (χ3v) is 3.72. The van der Waals surface area contributed by atoms with Crippen LogP contribution in [0.1, 0.15) is 57.1 Å². The summed E-state index contributed by atoms with van der Waals surface area (Å²) in [6.45, 7) is 10.3. The molecule has 1 aliphatic rings. The van der Waals surface area contributed by atoms with E-state index < -0.39 is 0 Å². The second kappa shape index (κ2) is 4.48. The van der Waals surface area contributed by atoms with Gasteiger partial charge >= 0.3 is 0 Å². The van der Waals surface area contributed by atoms with Crippen LogP contribution in [0.4, 0.5) is 5.69 Å². The van der Waals surface area contributed by atoms with Crippen molar-refractivity contribution in [1.29, 1.82) is 0 Å². The topological polar surface area (TPSA) is 12.0 Å². The zero-order chi connectivity index (χ0) is 11.7. The fourth-order valence-corrected chi connectivity index (χ4v) is 2.62. The van der Waals surface area contributed by atoms with E-state index in [2.05, 4.69) is 51.2 Å². The highest BCUT2D eigenvalue weighted by molar-refractivity contribution is 5.57. The third-order valence-electron chi connectivity index (χ3n) is 3.72. The summed E-state index contributed by atoms with van der Waals surface area (Å²) >= 11 is 0. The zero-order valence-electron chi connectivity index (χ0n) is 10.9. The van der Waals surface area contributed by atoms with Crippen LogP contribution >= 0.6 is 0 Å². The maximum Gasteiger partial charge on any atom is 0.0378 e. The van der Waals surface area contributed by atoms with E-state index in [4.69, 9.17) is 0 Å². The van der Waals surface area contributed by atoms with Gasteiger partial charge in [0.1, 0.15) is 0 Å². The smallest absolute Gasteiger partial charge is 0.0378 e. The van der Waals surface area contributed by atoms with Gasteiger partial charge in [0.25, 0.3) is 0 Å². The van der Waals surface area contributed by atoms with Crippen LogP contribution in [0.3, 0.4) is 0 Å². The monoisotopic (exact) mass is 217 g/mol. The van der Waals surface area contributed by atoms with E-state index in [-0.39, 0.29) is 0 Å². The van der Waals surface area contributed by atoms with Crippen LogP contribution in [0.25, 0.3) is 0 Å². The Balaban J connectivity index is 2.37. The first-order valence-corrected chi connectivity index (χ1v) is 6.47. The number of hydrogen-bond donors (Lipinski definition) is 1. The van der Waals surface area contributed by atoms with Gasteiger partial charge in [-0.2, -0.15) is 0 Å². The second-order valence-corrected chi connectivity index (χ2v) is 5.57. The van der Waals surface area contributed by atoms with E-state index in [1.54, 1.807) is 0 Å². The minimum Gasteiger partial charge on any atom is -0.385 e. The van der Waals surface area contributed by atoms with E-state index in [0.29, 0.717) is 5.92 Å². The van der Waals surface area contributed by atoms with Gasteiger partial charge in [-0.15, -0.1) is 0 Å². The number of fused-ring (bicyclic) bond motifs is 1. The molecule has 0 saturated carbocycles. The Morgan fingerprint density at radius 1 is 1.19 bits per heavy atom. The van der Waals surface area contributed by atoms with Crippen molar-refractivity contribution in [3.05, 3.63) is 29.3 Å². The van der Waals surface area contributed by atoms with Gasteiger partial charge in [-0.05, 0) is 41.4 Å². The Labute approximate surface area is 99.3 Å². The minimum atomic E-state index is 0.617. The quantitative estimate of drug-likeness (QED) is 0.776. The fourth-order valence-electron chi connectivity index (χ4n) is 2.62. The van der Waals surface area contributed by atoms with Crippen LogP contribution < -0.4 is 5.32 Å². The molecule has 1 N–H and O–H groups in total. The lowest BCUT2D eigenvalue weighted by Crippen LogP contribution is -2.20. The number of rotatable bonds is 2. The van der Waals surface area contributed by atoms with Crippen molar-refractivity contribution in [3.8, 4) is 0 Å². The normalized spacial score (nSPS) is 19.8. The van der Waals surface area contributed by atoms with Crippen molar-refractivity contribution >= 4 is 5.69 Å². The van der Waals surface area contributed by atoms with Crippen LogP contribution in [-0.4, -0.2) is 6.54 Å². The molecule has 0 fully saturated rings. The van der Waals surface area contributed by atoms with E-state index >= 15 is 0 Å². The Bertz CT molecular complexity index is 366. The molecule has 88 valence electrons. The second-order valence-electron chi connectivity index (χ2n) is 5.57. The third kappa shape index (κ3) is 2.09. The molecule has 1 atom stereocenters. The predicted octanol–water partition coefficient (Wildman–Crippen LogP) is 4.37. The van der Waals surface area contributed by atoms with Crippen LogP contribution in [0.15, 0.2) is 18.2 Å². The molecule has 0 amide bonds. The maximum atomic E-state index is 3.54. The van der Waals surface area contributed by atoms with E-state index in [9.17, 15) is 0 Å². The molecule has 0 aromatic heterocycles. The van der Waals surface area contributed by atoms with Gasteiger partial charge in [-0.1, -0.05) is 39.8 Å². The molecule has 16 heavy (non-hydrogen) atoms. The Morgan fingerprint density at radius 3 is 2.56 bits per heavy atom. The summed E-state index contributed by atoms with van der Waals surface area (Å²) in [6.07, 6.45) is 1.27. The molecule has 1 unspecified atom stereocenters. The minimum absolute atomic E-state index is 0.617. The lowest BCUT2D eigenvalue weighted by Gasteiger charge is -2.30. The number of benzene rings is 1. The van der Waals surface area contributed by atoms with Gasteiger partial charge in [0.05, 0.1) is 0 Å². The largest absolute Gasteiger partial charge is 0.385 e. The van der Waals surface area contributed by atoms with Crippen molar-refractivity contribution in [2.75, 3.05) is 11.9 Å². The Hall–Kier alpha value is -0.980. The van der Waals surface area contributed by atoms with Crippen molar-refractivity contribution in [2.45, 2.75) is 46.0 Å².